The molecule has 0 bridgehead atoms. The SMILES string of the molecule is CNc1cc(C)cc(Nc2ccc(OC)c(F)c2)c1Cl. The summed E-state index contributed by atoms with van der Waals surface area (Å²) >= 11 is 6.29. The highest BCUT2D eigenvalue weighted by atomic mass is 35.5. The molecule has 2 aromatic rings. The second kappa shape index (κ2) is 6.01. The van der Waals surface area contributed by atoms with E-state index in [2.05, 4.69) is 10.6 Å². The minimum absolute atomic E-state index is 0.210. The highest BCUT2D eigenvalue weighted by Gasteiger charge is 2.09. The number of benzene rings is 2. The minimum atomic E-state index is -0.421. The van der Waals surface area contributed by atoms with Crippen molar-refractivity contribution >= 4 is 28.7 Å². The number of rotatable bonds is 4. The zero-order chi connectivity index (χ0) is 14.7. The summed E-state index contributed by atoms with van der Waals surface area (Å²) in [6, 6.07) is 8.53. The maximum Gasteiger partial charge on any atom is 0.167 e. The summed E-state index contributed by atoms with van der Waals surface area (Å²) in [6.07, 6.45) is 0. The molecule has 2 aromatic carbocycles. The largest absolute Gasteiger partial charge is 0.494 e. The Hall–Kier alpha value is -1.94. The van der Waals surface area contributed by atoms with Crippen LogP contribution in [0.2, 0.25) is 5.02 Å². The van der Waals surface area contributed by atoms with Gasteiger partial charge < -0.3 is 15.4 Å². The molecule has 20 heavy (non-hydrogen) atoms. The molecule has 2 N–H and O–H groups in total. The van der Waals surface area contributed by atoms with Crippen LogP contribution in [-0.2, 0) is 0 Å². The number of nitrogens with one attached hydrogen (secondary N) is 2. The van der Waals surface area contributed by atoms with Crippen molar-refractivity contribution in [3.05, 3.63) is 46.7 Å². The third-order valence-corrected chi connectivity index (χ3v) is 3.32. The molecule has 0 heterocycles. The van der Waals surface area contributed by atoms with Crippen LogP contribution in [0.1, 0.15) is 5.56 Å². The van der Waals surface area contributed by atoms with E-state index < -0.39 is 5.82 Å². The molecule has 0 aromatic heterocycles. The van der Waals surface area contributed by atoms with Gasteiger partial charge in [-0.3, -0.25) is 0 Å². The minimum Gasteiger partial charge on any atom is -0.494 e. The van der Waals surface area contributed by atoms with E-state index in [-0.39, 0.29) is 5.75 Å². The second-order valence-electron chi connectivity index (χ2n) is 4.40. The van der Waals surface area contributed by atoms with Crippen LogP contribution in [0.25, 0.3) is 0 Å². The van der Waals surface area contributed by atoms with Crippen molar-refractivity contribution in [2.75, 3.05) is 24.8 Å². The molecule has 0 atom stereocenters. The Kier molecular flexibility index (Phi) is 4.35. The molecule has 106 valence electrons. The van der Waals surface area contributed by atoms with Crippen LogP contribution >= 0.6 is 11.6 Å². The quantitative estimate of drug-likeness (QED) is 0.866. The monoisotopic (exact) mass is 294 g/mol. The zero-order valence-corrected chi connectivity index (χ0v) is 12.3. The standard InChI is InChI=1S/C15H16ClFN2O/c1-9-6-12(18-2)15(16)13(7-9)19-10-4-5-14(20-3)11(17)8-10/h4-8,18-19H,1-3H3. The zero-order valence-electron chi connectivity index (χ0n) is 11.6. The van der Waals surface area contributed by atoms with Gasteiger partial charge in [0, 0.05) is 18.8 Å². The van der Waals surface area contributed by atoms with E-state index >= 15 is 0 Å². The summed E-state index contributed by atoms with van der Waals surface area (Å²) in [5.74, 6) is -0.211. The molecular formula is C15H16ClFN2O. The van der Waals surface area contributed by atoms with E-state index in [1.807, 2.05) is 19.1 Å². The molecular weight excluding hydrogens is 279 g/mol. The van der Waals surface area contributed by atoms with Gasteiger partial charge >= 0.3 is 0 Å². The van der Waals surface area contributed by atoms with E-state index in [1.54, 1.807) is 19.2 Å². The molecule has 0 saturated carbocycles. The molecule has 5 heteroatoms. The fourth-order valence-electron chi connectivity index (χ4n) is 1.94. The van der Waals surface area contributed by atoms with E-state index in [9.17, 15) is 4.39 Å². The average molecular weight is 295 g/mol. The summed E-state index contributed by atoms with van der Waals surface area (Å²) in [6.45, 7) is 1.97. The summed E-state index contributed by atoms with van der Waals surface area (Å²) in [5.41, 5.74) is 3.21. The first kappa shape index (κ1) is 14.5. The van der Waals surface area contributed by atoms with Crippen LogP contribution in [-0.4, -0.2) is 14.2 Å². The molecule has 0 amide bonds. The van der Waals surface area contributed by atoms with Gasteiger partial charge in [-0.2, -0.15) is 0 Å². The lowest BCUT2D eigenvalue weighted by Crippen LogP contribution is -1.97. The summed E-state index contributed by atoms with van der Waals surface area (Å²) in [4.78, 5) is 0. The van der Waals surface area contributed by atoms with Crippen molar-refractivity contribution in [1.82, 2.24) is 0 Å². The lowest BCUT2D eigenvalue weighted by atomic mass is 10.2. The molecule has 3 nitrogen and oxygen atoms in total. The smallest absolute Gasteiger partial charge is 0.167 e. The van der Waals surface area contributed by atoms with Crippen molar-refractivity contribution in [3.8, 4) is 5.75 Å². The summed E-state index contributed by atoms with van der Waals surface area (Å²) in [5, 5.41) is 6.70. The predicted molar refractivity (Wildman–Crippen MR) is 82.0 cm³/mol. The van der Waals surface area contributed by atoms with Gasteiger partial charge in [-0.15, -0.1) is 0 Å². The number of hydrogen-bond acceptors (Lipinski definition) is 3. The van der Waals surface area contributed by atoms with E-state index in [4.69, 9.17) is 16.3 Å². The van der Waals surface area contributed by atoms with Gasteiger partial charge in [0.05, 0.1) is 23.5 Å². The van der Waals surface area contributed by atoms with Crippen LogP contribution in [0.4, 0.5) is 21.5 Å². The van der Waals surface area contributed by atoms with E-state index in [1.165, 1.54) is 13.2 Å². The van der Waals surface area contributed by atoms with Crippen molar-refractivity contribution in [1.29, 1.82) is 0 Å². The first-order chi connectivity index (χ1) is 9.55. The van der Waals surface area contributed by atoms with Gasteiger partial charge in [-0.1, -0.05) is 11.6 Å². The number of methoxy groups -OCH3 is 1. The van der Waals surface area contributed by atoms with Crippen LogP contribution in [0.3, 0.4) is 0 Å². The third-order valence-electron chi connectivity index (χ3n) is 2.92. The van der Waals surface area contributed by atoms with Crippen LogP contribution in [0.15, 0.2) is 30.3 Å². The van der Waals surface area contributed by atoms with Crippen molar-refractivity contribution < 1.29 is 9.13 Å². The highest BCUT2D eigenvalue weighted by Crippen LogP contribution is 2.34. The Balaban J connectivity index is 2.34. The summed E-state index contributed by atoms with van der Waals surface area (Å²) in [7, 11) is 3.24. The Labute approximate surface area is 122 Å². The number of hydrogen-bond donors (Lipinski definition) is 2. The maximum atomic E-state index is 13.7. The molecule has 0 aliphatic heterocycles. The van der Waals surface area contributed by atoms with Crippen LogP contribution in [0, 0.1) is 12.7 Å². The maximum absolute atomic E-state index is 13.7. The van der Waals surface area contributed by atoms with Gasteiger partial charge in [-0.25, -0.2) is 4.39 Å². The molecule has 0 unspecified atom stereocenters. The number of halogens is 2. The van der Waals surface area contributed by atoms with Gasteiger partial charge in [0.25, 0.3) is 0 Å². The first-order valence-electron chi connectivity index (χ1n) is 6.13. The Morgan fingerprint density at radius 1 is 1.15 bits per heavy atom. The molecule has 0 radical (unpaired) electrons. The first-order valence-corrected chi connectivity index (χ1v) is 6.51. The molecule has 0 aliphatic carbocycles. The van der Waals surface area contributed by atoms with Gasteiger partial charge in [0.1, 0.15) is 0 Å². The van der Waals surface area contributed by atoms with Crippen molar-refractivity contribution in [3.63, 3.8) is 0 Å². The molecule has 2 rings (SSSR count). The van der Waals surface area contributed by atoms with Crippen LogP contribution < -0.4 is 15.4 Å². The van der Waals surface area contributed by atoms with Gasteiger partial charge in [-0.05, 0) is 36.8 Å². The highest BCUT2D eigenvalue weighted by molar-refractivity contribution is 6.36. The lowest BCUT2D eigenvalue weighted by Gasteiger charge is -2.14. The van der Waals surface area contributed by atoms with E-state index in [0.29, 0.717) is 10.7 Å². The fraction of sp³-hybridized carbons (Fsp3) is 0.200. The number of ether oxygens (including phenoxy) is 1. The third kappa shape index (κ3) is 2.96. The molecule has 0 spiro atoms. The fourth-order valence-corrected chi connectivity index (χ4v) is 2.19. The molecule has 0 aliphatic rings. The Morgan fingerprint density at radius 3 is 2.45 bits per heavy atom. The second-order valence-corrected chi connectivity index (χ2v) is 4.78. The molecule has 0 fully saturated rings. The van der Waals surface area contributed by atoms with E-state index in [0.717, 1.165) is 16.9 Å². The Bertz CT molecular complexity index is 632. The Morgan fingerprint density at radius 2 is 1.85 bits per heavy atom. The number of aryl methyl sites for hydroxylation is 1. The predicted octanol–water partition coefficient (Wildman–Crippen LogP) is 4.58. The summed E-state index contributed by atoms with van der Waals surface area (Å²) < 4.78 is 18.6. The van der Waals surface area contributed by atoms with Crippen molar-refractivity contribution in [2.45, 2.75) is 6.92 Å². The van der Waals surface area contributed by atoms with Crippen molar-refractivity contribution in [2.24, 2.45) is 0 Å². The normalized spacial score (nSPS) is 10.2. The average Bonchev–Trinajstić information content (AvgIpc) is 2.42. The van der Waals surface area contributed by atoms with Crippen LogP contribution in [0.5, 0.6) is 5.75 Å². The topological polar surface area (TPSA) is 33.3 Å². The molecule has 0 saturated heterocycles. The lowest BCUT2D eigenvalue weighted by molar-refractivity contribution is 0.386. The number of anilines is 3. The van der Waals surface area contributed by atoms with Gasteiger partial charge in [0.2, 0.25) is 0 Å². The van der Waals surface area contributed by atoms with Gasteiger partial charge in [0.15, 0.2) is 11.6 Å².